The third kappa shape index (κ3) is 4.19. The number of hydrogen-bond acceptors (Lipinski definition) is 2. The van der Waals surface area contributed by atoms with Crippen molar-refractivity contribution in [1.82, 2.24) is 4.90 Å². The van der Waals surface area contributed by atoms with Crippen LogP contribution >= 0.6 is 67.8 Å². The molecule has 1 fully saturated rings. The molecule has 1 aromatic rings. The normalized spacial score (nSPS) is 19.2. The van der Waals surface area contributed by atoms with E-state index in [9.17, 15) is 4.79 Å². The molecule has 1 heterocycles. The zero-order chi connectivity index (χ0) is 14.7. The van der Waals surface area contributed by atoms with Gasteiger partial charge in [-0.25, -0.2) is 0 Å². The molecule has 110 valence electrons. The van der Waals surface area contributed by atoms with Gasteiger partial charge in [0.2, 0.25) is 0 Å². The van der Waals surface area contributed by atoms with Crippen LogP contribution in [0.4, 0.5) is 0 Å². The van der Waals surface area contributed by atoms with Crippen molar-refractivity contribution in [2.24, 2.45) is 5.92 Å². The molecule has 20 heavy (non-hydrogen) atoms. The number of piperidine rings is 1. The SMILES string of the molecule is O=C(c1cc(I)cc(I)c1I)N1CCCC(CCO)C1. The minimum absolute atomic E-state index is 0.133. The van der Waals surface area contributed by atoms with Crippen LogP contribution in [0.15, 0.2) is 12.1 Å². The Morgan fingerprint density at radius 1 is 1.35 bits per heavy atom. The van der Waals surface area contributed by atoms with Crippen molar-refractivity contribution in [3.8, 4) is 0 Å². The maximum atomic E-state index is 12.7. The van der Waals surface area contributed by atoms with E-state index in [-0.39, 0.29) is 12.5 Å². The Labute approximate surface area is 160 Å². The highest BCUT2D eigenvalue weighted by molar-refractivity contribution is 14.1. The smallest absolute Gasteiger partial charge is 0.255 e. The van der Waals surface area contributed by atoms with Crippen LogP contribution in [-0.4, -0.2) is 35.6 Å². The zero-order valence-corrected chi connectivity index (χ0v) is 17.4. The molecule has 1 atom stereocenters. The number of hydrogen-bond donors (Lipinski definition) is 1. The summed E-state index contributed by atoms with van der Waals surface area (Å²) in [5.74, 6) is 0.575. The third-order valence-electron chi connectivity index (χ3n) is 3.57. The molecule has 0 aromatic heterocycles. The summed E-state index contributed by atoms with van der Waals surface area (Å²) in [5.41, 5.74) is 0.812. The van der Waals surface area contributed by atoms with Crippen molar-refractivity contribution in [3.63, 3.8) is 0 Å². The van der Waals surface area contributed by atoms with E-state index in [1.807, 2.05) is 11.0 Å². The Kier molecular flexibility index (Phi) is 6.80. The molecule has 1 aromatic carbocycles. The number of halogens is 3. The van der Waals surface area contributed by atoms with Gasteiger partial charge in [0.25, 0.3) is 5.91 Å². The molecule has 0 aliphatic carbocycles. The highest BCUT2D eigenvalue weighted by atomic mass is 127. The van der Waals surface area contributed by atoms with Crippen molar-refractivity contribution in [2.45, 2.75) is 19.3 Å². The van der Waals surface area contributed by atoms with Gasteiger partial charge in [-0.15, -0.1) is 0 Å². The van der Waals surface area contributed by atoms with E-state index < -0.39 is 0 Å². The minimum atomic E-state index is 0.133. The minimum Gasteiger partial charge on any atom is -0.396 e. The lowest BCUT2D eigenvalue weighted by Gasteiger charge is -2.33. The molecule has 0 radical (unpaired) electrons. The quantitative estimate of drug-likeness (QED) is 0.419. The number of amides is 1. The fourth-order valence-electron chi connectivity index (χ4n) is 2.55. The van der Waals surface area contributed by atoms with Crippen LogP contribution in [0.5, 0.6) is 0 Å². The van der Waals surface area contributed by atoms with Crippen LogP contribution < -0.4 is 0 Å². The lowest BCUT2D eigenvalue weighted by molar-refractivity contribution is 0.0652. The van der Waals surface area contributed by atoms with E-state index in [2.05, 4.69) is 73.8 Å². The average molecular weight is 611 g/mol. The number of benzene rings is 1. The Balaban J connectivity index is 2.19. The van der Waals surface area contributed by atoms with Gasteiger partial charge in [0.05, 0.1) is 5.56 Å². The number of likely N-dealkylation sites (tertiary alicyclic amines) is 1. The standard InChI is InChI=1S/C14H16I3NO2/c15-10-6-11(13(17)12(16)7-10)14(20)18-4-1-2-9(8-18)3-5-19/h6-7,9,19H,1-5,8H2. The number of nitrogens with zero attached hydrogens (tertiary/aromatic N) is 1. The molecule has 1 aliphatic rings. The van der Waals surface area contributed by atoms with Crippen LogP contribution in [-0.2, 0) is 0 Å². The Morgan fingerprint density at radius 3 is 2.80 bits per heavy atom. The Hall–Kier alpha value is 0.840. The maximum Gasteiger partial charge on any atom is 0.255 e. The van der Waals surface area contributed by atoms with Gasteiger partial charge >= 0.3 is 0 Å². The maximum absolute atomic E-state index is 12.7. The summed E-state index contributed by atoms with van der Waals surface area (Å²) in [7, 11) is 0. The van der Waals surface area contributed by atoms with Gasteiger partial charge < -0.3 is 10.0 Å². The molecular weight excluding hydrogens is 595 g/mol. The van der Waals surface area contributed by atoms with E-state index in [1.165, 1.54) is 0 Å². The van der Waals surface area contributed by atoms with Gasteiger partial charge in [-0.3, -0.25) is 4.79 Å². The number of aliphatic hydroxyl groups is 1. The molecule has 1 aliphatic heterocycles. The van der Waals surface area contributed by atoms with E-state index in [4.69, 9.17) is 5.11 Å². The first-order valence-corrected chi connectivity index (χ1v) is 9.81. The Bertz CT molecular complexity index is 505. The summed E-state index contributed by atoms with van der Waals surface area (Å²) in [4.78, 5) is 14.7. The highest BCUT2D eigenvalue weighted by Gasteiger charge is 2.26. The first-order valence-electron chi connectivity index (χ1n) is 6.57. The monoisotopic (exact) mass is 611 g/mol. The van der Waals surface area contributed by atoms with Crippen molar-refractivity contribution in [2.75, 3.05) is 19.7 Å². The number of carbonyl (C=O) groups excluding carboxylic acids is 1. The molecule has 0 saturated carbocycles. The van der Waals surface area contributed by atoms with Crippen molar-refractivity contribution >= 4 is 73.7 Å². The second-order valence-corrected chi connectivity index (χ2v) is 8.51. The van der Waals surface area contributed by atoms with Crippen LogP contribution in [0.25, 0.3) is 0 Å². The molecule has 0 bridgehead atoms. The number of rotatable bonds is 3. The molecule has 1 saturated heterocycles. The predicted octanol–water partition coefficient (Wildman–Crippen LogP) is 3.74. The molecular formula is C14H16I3NO2. The second-order valence-electron chi connectivity index (χ2n) is 5.02. The summed E-state index contributed by atoms with van der Waals surface area (Å²) < 4.78 is 3.26. The summed E-state index contributed by atoms with van der Waals surface area (Å²) in [5, 5.41) is 9.07. The molecule has 1 N–H and O–H groups in total. The van der Waals surface area contributed by atoms with Gasteiger partial charge in [-0.05, 0) is 105 Å². The van der Waals surface area contributed by atoms with Gasteiger partial charge in [-0.1, -0.05) is 0 Å². The van der Waals surface area contributed by atoms with Crippen molar-refractivity contribution in [1.29, 1.82) is 0 Å². The van der Waals surface area contributed by atoms with Crippen LogP contribution in [0.1, 0.15) is 29.6 Å². The van der Waals surface area contributed by atoms with E-state index in [0.717, 1.165) is 48.6 Å². The van der Waals surface area contributed by atoms with Gasteiger partial charge in [-0.2, -0.15) is 0 Å². The Morgan fingerprint density at radius 2 is 2.10 bits per heavy atom. The fourth-order valence-corrected chi connectivity index (χ4v) is 4.94. The predicted molar refractivity (Wildman–Crippen MR) is 105 cm³/mol. The summed E-state index contributed by atoms with van der Waals surface area (Å²) >= 11 is 6.80. The molecule has 2 rings (SSSR count). The zero-order valence-electron chi connectivity index (χ0n) is 10.9. The molecule has 1 unspecified atom stereocenters. The van der Waals surface area contributed by atoms with Crippen molar-refractivity contribution < 1.29 is 9.90 Å². The van der Waals surface area contributed by atoms with Crippen LogP contribution in [0.2, 0.25) is 0 Å². The third-order valence-corrected chi connectivity index (χ3v) is 7.23. The van der Waals surface area contributed by atoms with Crippen LogP contribution in [0, 0.1) is 16.6 Å². The van der Waals surface area contributed by atoms with Gasteiger partial charge in [0.1, 0.15) is 0 Å². The molecule has 6 heteroatoms. The lowest BCUT2D eigenvalue weighted by atomic mass is 9.94. The summed E-state index contributed by atoms with van der Waals surface area (Å²) in [6.45, 7) is 1.82. The first kappa shape index (κ1) is 17.2. The van der Waals surface area contributed by atoms with E-state index in [0.29, 0.717) is 5.92 Å². The molecule has 1 amide bonds. The average Bonchev–Trinajstić information content (AvgIpc) is 2.43. The lowest BCUT2D eigenvalue weighted by Crippen LogP contribution is -2.40. The summed E-state index contributed by atoms with van der Waals surface area (Å²) in [6, 6.07) is 4.06. The van der Waals surface area contributed by atoms with E-state index in [1.54, 1.807) is 0 Å². The van der Waals surface area contributed by atoms with Gasteiger partial charge in [0.15, 0.2) is 0 Å². The number of carbonyl (C=O) groups is 1. The second kappa shape index (κ2) is 7.91. The largest absolute Gasteiger partial charge is 0.396 e. The molecule has 3 nitrogen and oxygen atoms in total. The van der Waals surface area contributed by atoms with Crippen LogP contribution in [0.3, 0.4) is 0 Å². The fraction of sp³-hybridized carbons (Fsp3) is 0.500. The highest BCUT2D eigenvalue weighted by Crippen LogP contribution is 2.26. The molecule has 0 spiro atoms. The first-order chi connectivity index (χ1) is 9.52. The van der Waals surface area contributed by atoms with Crippen molar-refractivity contribution in [3.05, 3.63) is 28.4 Å². The topological polar surface area (TPSA) is 40.5 Å². The summed E-state index contributed by atoms with van der Waals surface area (Å²) in [6.07, 6.45) is 2.95. The number of aliphatic hydroxyl groups excluding tert-OH is 1. The van der Waals surface area contributed by atoms with E-state index >= 15 is 0 Å². The van der Waals surface area contributed by atoms with Gasteiger partial charge in [0, 0.05) is 30.4 Å².